The second-order valence-electron chi connectivity index (χ2n) is 7.29. The van der Waals surface area contributed by atoms with Gasteiger partial charge >= 0.3 is 5.69 Å². The molecule has 0 bridgehead atoms. The first-order valence-electron chi connectivity index (χ1n) is 10.6. The molecule has 0 saturated heterocycles. The summed E-state index contributed by atoms with van der Waals surface area (Å²) in [4.78, 5) is 29.0. The highest BCUT2D eigenvalue weighted by molar-refractivity contribution is 9.10. The Morgan fingerprint density at radius 3 is 2.58 bits per heavy atom. The summed E-state index contributed by atoms with van der Waals surface area (Å²) in [6.45, 7) is 8.04. The maximum absolute atomic E-state index is 13.3. The van der Waals surface area contributed by atoms with Crippen LogP contribution >= 0.6 is 15.9 Å². The highest BCUT2D eigenvalue weighted by atomic mass is 79.9. The van der Waals surface area contributed by atoms with Crippen LogP contribution in [0.1, 0.15) is 51.4 Å². The lowest BCUT2D eigenvalue weighted by molar-refractivity contribution is -0.385. The molecule has 0 fully saturated rings. The van der Waals surface area contributed by atoms with Crippen molar-refractivity contribution in [3.63, 3.8) is 0 Å². The fourth-order valence-corrected chi connectivity index (χ4v) is 3.64. The lowest BCUT2D eigenvalue weighted by atomic mass is 10.1. The van der Waals surface area contributed by atoms with Crippen molar-refractivity contribution >= 4 is 38.7 Å². The summed E-state index contributed by atoms with van der Waals surface area (Å²) in [5, 5.41) is 16.5. The minimum atomic E-state index is -0.531. The first-order chi connectivity index (χ1) is 15.8. The maximum Gasteiger partial charge on any atom is 0.315 e. The molecule has 0 saturated carbocycles. The molecular weight excluding hydrogens is 492 g/mol. The summed E-state index contributed by atoms with van der Waals surface area (Å²) >= 11 is 3.39. The molecule has 1 atom stereocenters. The molecule has 10 heteroatoms. The third-order valence-corrected chi connectivity index (χ3v) is 5.54. The molecule has 1 aromatic heterocycles. The summed E-state index contributed by atoms with van der Waals surface area (Å²) in [6, 6.07) is 8.26. The van der Waals surface area contributed by atoms with Gasteiger partial charge in [-0.25, -0.2) is 4.98 Å². The van der Waals surface area contributed by atoms with Gasteiger partial charge in [0.2, 0.25) is 5.75 Å². The summed E-state index contributed by atoms with van der Waals surface area (Å²) in [7, 11) is 0. The number of nitrogens with zero attached hydrogens (tertiary/aromatic N) is 4. The summed E-state index contributed by atoms with van der Waals surface area (Å²) in [5.41, 5.74) is 0.419. The van der Waals surface area contributed by atoms with E-state index in [4.69, 9.17) is 9.47 Å². The van der Waals surface area contributed by atoms with Gasteiger partial charge in [-0.15, -0.1) is 0 Å². The van der Waals surface area contributed by atoms with Gasteiger partial charge < -0.3 is 9.47 Å². The van der Waals surface area contributed by atoms with Crippen LogP contribution < -0.4 is 15.0 Å². The summed E-state index contributed by atoms with van der Waals surface area (Å²) < 4.78 is 13.0. The number of aromatic nitrogens is 2. The van der Waals surface area contributed by atoms with Crippen molar-refractivity contribution in [1.29, 1.82) is 0 Å². The van der Waals surface area contributed by atoms with Gasteiger partial charge in [0.15, 0.2) is 5.75 Å². The largest absolute Gasteiger partial charge is 0.490 e. The van der Waals surface area contributed by atoms with Crippen LogP contribution in [0.25, 0.3) is 10.9 Å². The van der Waals surface area contributed by atoms with E-state index in [1.807, 2.05) is 19.9 Å². The van der Waals surface area contributed by atoms with Crippen molar-refractivity contribution in [1.82, 2.24) is 9.66 Å². The van der Waals surface area contributed by atoms with E-state index in [0.717, 1.165) is 10.9 Å². The fraction of sp³-hybridized carbons (Fsp3) is 0.348. The van der Waals surface area contributed by atoms with Gasteiger partial charge in [0.1, 0.15) is 5.82 Å². The Kier molecular flexibility index (Phi) is 7.80. The molecule has 1 heterocycles. The van der Waals surface area contributed by atoms with Crippen LogP contribution in [0.4, 0.5) is 5.69 Å². The second-order valence-corrected chi connectivity index (χ2v) is 8.21. The van der Waals surface area contributed by atoms with E-state index in [0.29, 0.717) is 28.9 Å². The number of nitro groups is 1. The maximum atomic E-state index is 13.3. The molecule has 0 aliphatic rings. The van der Waals surface area contributed by atoms with Crippen LogP contribution in [-0.2, 0) is 0 Å². The third-order valence-electron chi connectivity index (χ3n) is 5.05. The number of fused-ring (bicyclic) bond motifs is 1. The highest BCUT2D eigenvalue weighted by Crippen LogP contribution is 2.38. The first-order valence-corrected chi connectivity index (χ1v) is 11.4. The van der Waals surface area contributed by atoms with Crippen molar-refractivity contribution in [3.8, 4) is 11.5 Å². The molecule has 0 aliphatic carbocycles. The van der Waals surface area contributed by atoms with Gasteiger partial charge in [0.05, 0.1) is 35.3 Å². The molecule has 0 spiro atoms. The van der Waals surface area contributed by atoms with Gasteiger partial charge in [-0.05, 0) is 44.5 Å². The number of halogens is 1. The second kappa shape index (κ2) is 10.6. The van der Waals surface area contributed by atoms with Crippen molar-refractivity contribution in [3.05, 3.63) is 66.7 Å². The number of nitro benzene ring substituents is 1. The Morgan fingerprint density at radius 2 is 1.94 bits per heavy atom. The van der Waals surface area contributed by atoms with Gasteiger partial charge in [0.25, 0.3) is 5.56 Å². The average molecular weight is 517 g/mol. The molecule has 2 aromatic carbocycles. The number of ether oxygens (including phenoxy) is 2. The molecule has 0 aliphatic heterocycles. The Hall–Kier alpha value is -3.27. The number of hydrogen-bond acceptors (Lipinski definition) is 7. The highest BCUT2D eigenvalue weighted by Gasteiger charge is 2.22. The van der Waals surface area contributed by atoms with Gasteiger partial charge in [-0.3, -0.25) is 14.9 Å². The summed E-state index contributed by atoms with van der Waals surface area (Å²) in [5.74, 6) is 0.789. The van der Waals surface area contributed by atoms with Gasteiger partial charge in [0, 0.05) is 22.0 Å². The van der Waals surface area contributed by atoms with Gasteiger partial charge in [-0.2, -0.15) is 9.78 Å². The first kappa shape index (κ1) is 24.4. The van der Waals surface area contributed by atoms with E-state index in [9.17, 15) is 14.9 Å². The zero-order valence-electron chi connectivity index (χ0n) is 18.9. The third kappa shape index (κ3) is 5.22. The summed E-state index contributed by atoms with van der Waals surface area (Å²) in [6.07, 6.45) is 2.15. The van der Waals surface area contributed by atoms with Crippen LogP contribution in [0.15, 0.2) is 44.7 Å². The van der Waals surface area contributed by atoms with E-state index in [-0.39, 0.29) is 35.3 Å². The van der Waals surface area contributed by atoms with Crippen molar-refractivity contribution in [2.45, 2.75) is 40.0 Å². The lowest BCUT2D eigenvalue weighted by Gasteiger charge is -2.14. The molecule has 0 amide bonds. The number of hydrogen-bond donors (Lipinski definition) is 0. The van der Waals surface area contributed by atoms with Crippen LogP contribution in [0.2, 0.25) is 0 Å². The molecular formula is C23H25BrN4O5. The molecule has 3 rings (SSSR count). The minimum Gasteiger partial charge on any atom is -0.490 e. The fourth-order valence-electron chi connectivity index (χ4n) is 3.27. The van der Waals surface area contributed by atoms with Crippen molar-refractivity contribution < 1.29 is 14.4 Å². The Morgan fingerprint density at radius 1 is 1.21 bits per heavy atom. The zero-order chi connectivity index (χ0) is 24.1. The zero-order valence-corrected chi connectivity index (χ0v) is 20.5. The molecule has 0 unspecified atom stereocenters. The quantitative estimate of drug-likeness (QED) is 0.218. The Labute approximate surface area is 199 Å². The number of rotatable bonds is 9. The van der Waals surface area contributed by atoms with E-state index in [2.05, 4.69) is 26.0 Å². The van der Waals surface area contributed by atoms with Gasteiger partial charge in [-0.1, -0.05) is 29.8 Å². The average Bonchev–Trinajstić information content (AvgIpc) is 2.79. The minimum absolute atomic E-state index is 0.0310. The van der Waals surface area contributed by atoms with Crippen LogP contribution in [0.3, 0.4) is 0 Å². The normalized spacial score (nSPS) is 12.3. The lowest BCUT2D eigenvalue weighted by Crippen LogP contribution is -2.23. The van der Waals surface area contributed by atoms with E-state index >= 15 is 0 Å². The molecule has 3 aromatic rings. The van der Waals surface area contributed by atoms with E-state index in [1.54, 1.807) is 32.0 Å². The van der Waals surface area contributed by atoms with E-state index < -0.39 is 4.92 Å². The molecule has 9 nitrogen and oxygen atoms in total. The van der Waals surface area contributed by atoms with E-state index in [1.165, 1.54) is 17.0 Å². The molecule has 33 heavy (non-hydrogen) atoms. The molecule has 0 radical (unpaired) electrons. The monoisotopic (exact) mass is 516 g/mol. The smallest absolute Gasteiger partial charge is 0.315 e. The van der Waals surface area contributed by atoms with Crippen LogP contribution in [-0.4, -0.2) is 34.0 Å². The predicted molar refractivity (Wildman–Crippen MR) is 131 cm³/mol. The van der Waals surface area contributed by atoms with Crippen LogP contribution in [0.5, 0.6) is 11.5 Å². The SMILES string of the molecule is CCOc1cc(C=Nn2c([C@@H](C)CC)nc3ccc(Br)cc3c2=O)cc([N+](=O)[O-])c1OCC. The Balaban J connectivity index is 2.19. The van der Waals surface area contributed by atoms with Crippen molar-refractivity contribution in [2.24, 2.45) is 5.10 Å². The Bertz CT molecular complexity index is 1270. The standard InChI is InChI=1S/C23H25BrN4O5/c1-5-14(4)22-26-18-9-8-16(24)12-17(18)23(29)27(22)25-13-15-10-19(28(30)31)21(33-7-3)20(11-15)32-6-2/h8-14H,5-7H2,1-4H3/t14-/m0/s1. The topological polar surface area (TPSA) is 109 Å². The molecule has 0 N–H and O–H groups in total. The molecule has 174 valence electrons. The van der Waals surface area contributed by atoms with Crippen molar-refractivity contribution in [2.75, 3.05) is 13.2 Å². The number of benzene rings is 2. The van der Waals surface area contributed by atoms with Crippen LogP contribution in [0, 0.1) is 10.1 Å². The predicted octanol–water partition coefficient (Wildman–Crippen LogP) is 5.26.